The van der Waals surface area contributed by atoms with E-state index < -0.39 is 0 Å². The minimum atomic E-state index is -0.162. The molecular weight excluding hydrogens is 90.1 g/mol. The van der Waals surface area contributed by atoms with Gasteiger partial charge in [0.2, 0.25) is 0 Å². The molecule has 0 aliphatic carbocycles. The number of aliphatic imine (C=N–C) groups is 1. The third-order valence-corrected chi connectivity index (χ3v) is 1.07. The summed E-state index contributed by atoms with van der Waals surface area (Å²) in [6.07, 6.45) is 3.54. The van der Waals surface area contributed by atoms with Crippen LogP contribution in [-0.4, -0.2) is 24.0 Å². The third kappa shape index (κ3) is 1.27. The Morgan fingerprint density at radius 1 is 1.71 bits per heavy atom. The van der Waals surface area contributed by atoms with E-state index in [1.807, 2.05) is 6.21 Å². The summed E-state index contributed by atoms with van der Waals surface area (Å²) in [5.74, 6) is 0. The quantitative estimate of drug-likeness (QED) is 0.462. The molecular formula is C5H9NO. The zero-order valence-corrected chi connectivity index (χ0v) is 4.17. The second kappa shape index (κ2) is 2.07. The van der Waals surface area contributed by atoms with Crippen LogP contribution in [0.25, 0.3) is 0 Å². The number of aliphatic hydroxyl groups is 1. The summed E-state index contributed by atoms with van der Waals surface area (Å²) in [6, 6.07) is 0. The molecule has 0 spiro atoms. The van der Waals surface area contributed by atoms with Crippen LogP contribution in [0.5, 0.6) is 0 Å². The van der Waals surface area contributed by atoms with E-state index in [4.69, 9.17) is 5.11 Å². The Labute approximate surface area is 42.9 Å². The second-order valence-electron chi connectivity index (χ2n) is 1.78. The van der Waals surface area contributed by atoms with Gasteiger partial charge in [-0.2, -0.15) is 0 Å². The predicted molar refractivity (Wildman–Crippen MR) is 28.6 cm³/mol. The molecule has 0 saturated heterocycles. The van der Waals surface area contributed by atoms with Gasteiger partial charge in [0.25, 0.3) is 0 Å². The van der Waals surface area contributed by atoms with Gasteiger partial charge in [-0.25, -0.2) is 0 Å². The van der Waals surface area contributed by atoms with Crippen LogP contribution in [0.1, 0.15) is 12.8 Å². The molecule has 2 heteroatoms. The standard InChI is InChI=1S/C5H9NO/c7-5-2-1-3-6-4-5/h3,5,7H,1-2,4H2. The Balaban J connectivity index is 2.32. The van der Waals surface area contributed by atoms with Gasteiger partial charge in [-0.15, -0.1) is 0 Å². The van der Waals surface area contributed by atoms with E-state index in [1.54, 1.807) is 0 Å². The molecule has 0 aromatic rings. The summed E-state index contributed by atoms with van der Waals surface area (Å²) in [6.45, 7) is 0.611. The Hall–Kier alpha value is -0.370. The molecule has 1 N–H and O–H groups in total. The molecule has 7 heavy (non-hydrogen) atoms. The molecule has 0 bridgehead atoms. The van der Waals surface area contributed by atoms with Crippen LogP contribution in [0.4, 0.5) is 0 Å². The van der Waals surface area contributed by atoms with Crippen molar-refractivity contribution in [2.45, 2.75) is 18.9 Å². The maximum absolute atomic E-state index is 8.80. The van der Waals surface area contributed by atoms with Crippen LogP contribution in [0.3, 0.4) is 0 Å². The van der Waals surface area contributed by atoms with Gasteiger partial charge in [-0.1, -0.05) is 0 Å². The monoisotopic (exact) mass is 99.1 g/mol. The lowest BCUT2D eigenvalue weighted by atomic mass is 10.2. The molecule has 2 nitrogen and oxygen atoms in total. The van der Waals surface area contributed by atoms with Crippen molar-refractivity contribution in [2.24, 2.45) is 4.99 Å². The van der Waals surface area contributed by atoms with Crippen LogP contribution < -0.4 is 0 Å². The summed E-state index contributed by atoms with van der Waals surface area (Å²) < 4.78 is 0. The minimum Gasteiger partial charge on any atom is -0.391 e. The first kappa shape index (κ1) is 4.78. The number of hydrogen-bond donors (Lipinski definition) is 1. The molecule has 40 valence electrons. The topological polar surface area (TPSA) is 32.6 Å². The lowest BCUT2D eigenvalue weighted by Gasteiger charge is -2.08. The molecule has 1 rings (SSSR count). The summed E-state index contributed by atoms with van der Waals surface area (Å²) in [5, 5.41) is 8.80. The van der Waals surface area contributed by atoms with Gasteiger partial charge < -0.3 is 5.11 Å². The van der Waals surface area contributed by atoms with Crippen LogP contribution in [0.2, 0.25) is 0 Å². The van der Waals surface area contributed by atoms with E-state index in [0.717, 1.165) is 12.8 Å². The highest BCUT2D eigenvalue weighted by Gasteiger charge is 2.03. The number of aliphatic hydroxyl groups excluding tert-OH is 1. The van der Waals surface area contributed by atoms with Gasteiger partial charge in [0.1, 0.15) is 0 Å². The molecule has 1 heterocycles. The van der Waals surface area contributed by atoms with Crippen molar-refractivity contribution >= 4 is 6.21 Å². The number of rotatable bonds is 0. The Kier molecular flexibility index (Phi) is 1.42. The number of hydrogen-bond acceptors (Lipinski definition) is 2. The Morgan fingerprint density at radius 3 is 2.86 bits per heavy atom. The molecule has 0 aromatic carbocycles. The summed E-state index contributed by atoms with van der Waals surface area (Å²) in [4.78, 5) is 3.88. The predicted octanol–water partition coefficient (Wildman–Crippen LogP) is 0.212. The molecule has 0 saturated carbocycles. The average Bonchev–Trinajstić information content (AvgIpc) is 1.69. The highest BCUT2D eigenvalue weighted by Crippen LogP contribution is 1.99. The molecule has 1 atom stereocenters. The molecule has 1 unspecified atom stereocenters. The van der Waals surface area contributed by atoms with Gasteiger partial charge in [0.05, 0.1) is 12.6 Å². The first-order chi connectivity index (χ1) is 3.39. The van der Waals surface area contributed by atoms with Crippen molar-refractivity contribution in [3.63, 3.8) is 0 Å². The maximum Gasteiger partial charge on any atom is 0.0738 e. The van der Waals surface area contributed by atoms with E-state index in [9.17, 15) is 0 Å². The van der Waals surface area contributed by atoms with E-state index in [1.165, 1.54) is 0 Å². The van der Waals surface area contributed by atoms with E-state index >= 15 is 0 Å². The molecule has 0 amide bonds. The summed E-state index contributed by atoms with van der Waals surface area (Å²) in [7, 11) is 0. The van der Waals surface area contributed by atoms with E-state index in [2.05, 4.69) is 4.99 Å². The van der Waals surface area contributed by atoms with Crippen molar-refractivity contribution in [3.8, 4) is 0 Å². The summed E-state index contributed by atoms with van der Waals surface area (Å²) in [5.41, 5.74) is 0. The van der Waals surface area contributed by atoms with E-state index in [-0.39, 0.29) is 6.10 Å². The van der Waals surface area contributed by atoms with Crippen LogP contribution in [0.15, 0.2) is 4.99 Å². The molecule has 0 radical (unpaired) electrons. The first-order valence-corrected chi connectivity index (χ1v) is 2.56. The minimum absolute atomic E-state index is 0.162. The molecule has 1 aliphatic rings. The average molecular weight is 99.1 g/mol. The zero-order chi connectivity index (χ0) is 5.11. The lowest BCUT2D eigenvalue weighted by molar-refractivity contribution is 0.172. The lowest BCUT2D eigenvalue weighted by Crippen LogP contribution is -2.14. The largest absolute Gasteiger partial charge is 0.391 e. The second-order valence-corrected chi connectivity index (χ2v) is 1.78. The maximum atomic E-state index is 8.80. The fourth-order valence-electron chi connectivity index (χ4n) is 0.646. The third-order valence-electron chi connectivity index (χ3n) is 1.07. The molecule has 0 aromatic heterocycles. The fraction of sp³-hybridized carbons (Fsp3) is 0.800. The van der Waals surface area contributed by atoms with Gasteiger partial charge in [0.15, 0.2) is 0 Å². The highest BCUT2D eigenvalue weighted by molar-refractivity contribution is 5.57. The van der Waals surface area contributed by atoms with Crippen LogP contribution in [0, 0.1) is 0 Å². The SMILES string of the molecule is OC1CCC=NC1. The molecule has 0 fully saturated rings. The van der Waals surface area contributed by atoms with Crippen LogP contribution >= 0.6 is 0 Å². The zero-order valence-electron chi connectivity index (χ0n) is 4.17. The van der Waals surface area contributed by atoms with Crippen molar-refractivity contribution in [1.82, 2.24) is 0 Å². The fourth-order valence-corrected chi connectivity index (χ4v) is 0.646. The van der Waals surface area contributed by atoms with E-state index in [0.29, 0.717) is 6.54 Å². The number of nitrogens with zero attached hydrogens (tertiary/aromatic N) is 1. The van der Waals surface area contributed by atoms with Gasteiger partial charge in [-0.05, 0) is 19.1 Å². The van der Waals surface area contributed by atoms with Gasteiger partial charge >= 0.3 is 0 Å². The van der Waals surface area contributed by atoms with Crippen molar-refractivity contribution < 1.29 is 5.11 Å². The van der Waals surface area contributed by atoms with Gasteiger partial charge in [0, 0.05) is 0 Å². The Bertz CT molecular complexity index is 80.1. The van der Waals surface area contributed by atoms with Crippen LogP contribution in [-0.2, 0) is 0 Å². The Morgan fingerprint density at radius 2 is 2.57 bits per heavy atom. The summed E-state index contributed by atoms with van der Waals surface area (Å²) >= 11 is 0. The first-order valence-electron chi connectivity index (χ1n) is 2.56. The molecule has 1 aliphatic heterocycles. The normalized spacial score (nSPS) is 30.7. The van der Waals surface area contributed by atoms with Crippen molar-refractivity contribution in [3.05, 3.63) is 0 Å². The van der Waals surface area contributed by atoms with Crippen molar-refractivity contribution in [2.75, 3.05) is 6.54 Å². The smallest absolute Gasteiger partial charge is 0.0738 e. The van der Waals surface area contributed by atoms with Crippen molar-refractivity contribution in [1.29, 1.82) is 0 Å². The highest BCUT2D eigenvalue weighted by atomic mass is 16.3. The van der Waals surface area contributed by atoms with Gasteiger partial charge in [-0.3, -0.25) is 4.99 Å².